The highest BCUT2D eigenvalue weighted by Crippen LogP contribution is 2.33. The van der Waals surface area contributed by atoms with E-state index in [4.69, 9.17) is 9.47 Å². The maximum Gasteiger partial charge on any atom is 0.138 e. The first kappa shape index (κ1) is 11.1. The van der Waals surface area contributed by atoms with Crippen LogP contribution in [0.25, 0.3) is 0 Å². The van der Waals surface area contributed by atoms with Gasteiger partial charge in [-0.15, -0.1) is 0 Å². The lowest BCUT2D eigenvalue weighted by Crippen LogP contribution is -2.34. The summed E-state index contributed by atoms with van der Waals surface area (Å²) in [5.41, 5.74) is 0.558. The van der Waals surface area contributed by atoms with Crippen LogP contribution in [0.5, 0.6) is 5.75 Å². The lowest BCUT2D eigenvalue weighted by atomic mass is 9.88. The quantitative estimate of drug-likeness (QED) is 0.767. The van der Waals surface area contributed by atoms with Crippen LogP contribution in [0.2, 0.25) is 0 Å². The minimum atomic E-state index is -0.471. The zero-order valence-electron chi connectivity index (χ0n) is 9.66. The molecule has 16 heavy (non-hydrogen) atoms. The van der Waals surface area contributed by atoms with Crippen LogP contribution in [0, 0.1) is 0 Å². The van der Waals surface area contributed by atoms with Crippen LogP contribution in [0.4, 0.5) is 0 Å². The van der Waals surface area contributed by atoms with Crippen molar-refractivity contribution in [3.63, 3.8) is 0 Å². The van der Waals surface area contributed by atoms with Crippen molar-refractivity contribution in [2.24, 2.45) is 0 Å². The molecule has 1 aromatic rings. The molecule has 1 atom stereocenters. The highest BCUT2D eigenvalue weighted by Gasteiger charge is 2.33. The van der Waals surface area contributed by atoms with Crippen LogP contribution >= 0.6 is 0 Å². The predicted molar refractivity (Wildman–Crippen MR) is 60.5 cm³/mol. The van der Waals surface area contributed by atoms with E-state index in [1.54, 1.807) is 7.11 Å². The van der Waals surface area contributed by atoms with E-state index in [0.29, 0.717) is 19.4 Å². The number of ether oxygens (including phenoxy) is 2. The van der Waals surface area contributed by atoms with Crippen molar-refractivity contribution in [1.82, 2.24) is 0 Å². The van der Waals surface area contributed by atoms with Gasteiger partial charge in [0, 0.05) is 12.8 Å². The van der Waals surface area contributed by atoms with Gasteiger partial charge in [0.25, 0.3) is 0 Å². The topological polar surface area (TPSA) is 35.5 Å². The van der Waals surface area contributed by atoms with Gasteiger partial charge in [-0.05, 0) is 24.6 Å². The smallest absolute Gasteiger partial charge is 0.138 e. The van der Waals surface area contributed by atoms with Crippen LogP contribution in [0.15, 0.2) is 24.3 Å². The first-order valence-corrected chi connectivity index (χ1v) is 5.44. The zero-order chi connectivity index (χ0) is 11.6. The Balaban J connectivity index is 2.24. The summed E-state index contributed by atoms with van der Waals surface area (Å²) < 4.78 is 10.8. The number of ketones is 1. The van der Waals surface area contributed by atoms with E-state index < -0.39 is 5.60 Å². The van der Waals surface area contributed by atoms with Gasteiger partial charge in [-0.25, -0.2) is 0 Å². The average molecular weight is 220 g/mol. The van der Waals surface area contributed by atoms with E-state index in [2.05, 4.69) is 0 Å². The van der Waals surface area contributed by atoms with Gasteiger partial charge >= 0.3 is 0 Å². The Labute approximate surface area is 95.4 Å². The molecule has 0 spiro atoms. The van der Waals surface area contributed by atoms with Crippen molar-refractivity contribution in [3.8, 4) is 5.75 Å². The highest BCUT2D eigenvalue weighted by molar-refractivity contribution is 5.80. The minimum absolute atomic E-state index is 0.268. The summed E-state index contributed by atoms with van der Waals surface area (Å²) in [6.07, 6.45) is 0.991. The lowest BCUT2D eigenvalue weighted by molar-refractivity contribution is -0.138. The Morgan fingerprint density at radius 1 is 1.31 bits per heavy atom. The SMILES string of the molecule is COc1ccc(C2(C)CC(=O)CCO2)cc1. The largest absolute Gasteiger partial charge is 0.497 e. The number of carbonyl (C=O) groups is 1. The molecular formula is C13H16O3. The van der Waals surface area contributed by atoms with E-state index in [1.807, 2.05) is 31.2 Å². The summed E-state index contributed by atoms with van der Waals surface area (Å²) in [4.78, 5) is 11.5. The molecule has 3 nitrogen and oxygen atoms in total. The molecular weight excluding hydrogens is 204 g/mol. The van der Waals surface area contributed by atoms with Crippen molar-refractivity contribution >= 4 is 5.78 Å². The van der Waals surface area contributed by atoms with Crippen molar-refractivity contribution in [2.75, 3.05) is 13.7 Å². The van der Waals surface area contributed by atoms with Crippen molar-refractivity contribution in [3.05, 3.63) is 29.8 Å². The molecule has 1 saturated heterocycles. The molecule has 0 radical (unpaired) electrons. The summed E-state index contributed by atoms with van der Waals surface area (Å²) in [6.45, 7) is 2.48. The number of Topliss-reactive ketones (excluding diaryl/α,β-unsaturated/α-hetero) is 1. The van der Waals surface area contributed by atoms with Crippen molar-refractivity contribution < 1.29 is 14.3 Å². The molecule has 1 fully saturated rings. The fourth-order valence-corrected chi connectivity index (χ4v) is 2.03. The number of hydrogen-bond donors (Lipinski definition) is 0. The standard InChI is InChI=1S/C13H16O3/c1-13(9-11(14)7-8-16-13)10-3-5-12(15-2)6-4-10/h3-6H,7-9H2,1-2H3. The summed E-state index contributed by atoms with van der Waals surface area (Å²) in [5, 5.41) is 0. The highest BCUT2D eigenvalue weighted by atomic mass is 16.5. The summed E-state index contributed by atoms with van der Waals surface area (Å²) in [7, 11) is 1.64. The molecule has 1 aliphatic heterocycles. The molecule has 0 N–H and O–H groups in total. The second kappa shape index (κ2) is 4.26. The Morgan fingerprint density at radius 3 is 2.56 bits per heavy atom. The number of benzene rings is 1. The van der Waals surface area contributed by atoms with Crippen LogP contribution in [-0.4, -0.2) is 19.5 Å². The number of rotatable bonds is 2. The van der Waals surface area contributed by atoms with E-state index in [-0.39, 0.29) is 5.78 Å². The van der Waals surface area contributed by atoms with Crippen molar-refractivity contribution in [2.45, 2.75) is 25.4 Å². The van der Waals surface area contributed by atoms with Crippen molar-refractivity contribution in [1.29, 1.82) is 0 Å². The van der Waals surface area contributed by atoms with Gasteiger partial charge in [-0.1, -0.05) is 12.1 Å². The number of carbonyl (C=O) groups excluding carboxylic acids is 1. The first-order valence-electron chi connectivity index (χ1n) is 5.44. The molecule has 1 heterocycles. The third-order valence-electron chi connectivity index (χ3n) is 3.04. The van der Waals surface area contributed by atoms with Gasteiger partial charge in [0.15, 0.2) is 0 Å². The molecule has 86 valence electrons. The molecule has 0 amide bonds. The first-order chi connectivity index (χ1) is 7.64. The van der Waals surface area contributed by atoms with Gasteiger partial charge in [0.05, 0.1) is 19.3 Å². The van der Waals surface area contributed by atoms with Crippen LogP contribution in [0.1, 0.15) is 25.3 Å². The Morgan fingerprint density at radius 2 is 2.00 bits per heavy atom. The van der Waals surface area contributed by atoms with E-state index in [0.717, 1.165) is 11.3 Å². The molecule has 1 aromatic carbocycles. The molecule has 1 aliphatic rings. The maximum atomic E-state index is 11.5. The normalized spacial score (nSPS) is 25.5. The van der Waals surface area contributed by atoms with Gasteiger partial charge in [0.2, 0.25) is 0 Å². The number of methoxy groups -OCH3 is 1. The second-order valence-corrected chi connectivity index (χ2v) is 4.27. The van der Waals surface area contributed by atoms with Crippen LogP contribution < -0.4 is 4.74 Å². The van der Waals surface area contributed by atoms with Gasteiger partial charge < -0.3 is 9.47 Å². The van der Waals surface area contributed by atoms with E-state index in [1.165, 1.54) is 0 Å². The van der Waals surface area contributed by atoms with Gasteiger partial charge in [0.1, 0.15) is 11.5 Å². The summed E-state index contributed by atoms with van der Waals surface area (Å²) in [6, 6.07) is 7.70. The summed E-state index contributed by atoms with van der Waals surface area (Å²) >= 11 is 0. The zero-order valence-corrected chi connectivity index (χ0v) is 9.66. The molecule has 0 aliphatic carbocycles. The Hall–Kier alpha value is -1.35. The van der Waals surface area contributed by atoms with Crippen LogP contribution in [-0.2, 0) is 15.1 Å². The maximum absolute atomic E-state index is 11.5. The van der Waals surface area contributed by atoms with E-state index in [9.17, 15) is 4.79 Å². The lowest BCUT2D eigenvalue weighted by Gasteiger charge is -2.33. The minimum Gasteiger partial charge on any atom is -0.497 e. The molecule has 0 bridgehead atoms. The molecule has 1 unspecified atom stereocenters. The molecule has 2 rings (SSSR count). The third kappa shape index (κ3) is 2.09. The monoisotopic (exact) mass is 220 g/mol. The molecule has 0 aromatic heterocycles. The molecule has 3 heteroatoms. The average Bonchev–Trinajstić information content (AvgIpc) is 2.29. The van der Waals surface area contributed by atoms with E-state index >= 15 is 0 Å². The Bertz CT molecular complexity index is 383. The molecule has 0 saturated carbocycles. The third-order valence-corrected chi connectivity index (χ3v) is 3.04. The second-order valence-electron chi connectivity index (χ2n) is 4.27. The van der Waals surface area contributed by atoms with Gasteiger partial charge in [-0.2, -0.15) is 0 Å². The van der Waals surface area contributed by atoms with Crippen LogP contribution in [0.3, 0.4) is 0 Å². The fraction of sp³-hybridized carbons (Fsp3) is 0.462. The Kier molecular flexibility index (Phi) is 2.97. The van der Waals surface area contributed by atoms with Gasteiger partial charge in [-0.3, -0.25) is 4.79 Å². The predicted octanol–water partition coefficient (Wildman–Crippen LogP) is 2.29. The summed E-state index contributed by atoms with van der Waals surface area (Å²) in [5.74, 6) is 1.08. The number of hydrogen-bond acceptors (Lipinski definition) is 3. The fourth-order valence-electron chi connectivity index (χ4n) is 2.03.